The SMILES string of the molecule is CCOc1c(Br)cc(Cl)cc1NC(CC)C(C)C. The highest BCUT2D eigenvalue weighted by Gasteiger charge is 2.16. The van der Waals surface area contributed by atoms with Gasteiger partial charge in [0, 0.05) is 11.1 Å². The molecule has 0 radical (unpaired) electrons. The lowest BCUT2D eigenvalue weighted by atomic mass is 10.0. The fourth-order valence-electron chi connectivity index (χ4n) is 1.90. The Morgan fingerprint density at radius 3 is 2.50 bits per heavy atom. The van der Waals surface area contributed by atoms with Crippen molar-refractivity contribution >= 4 is 33.2 Å². The van der Waals surface area contributed by atoms with Crippen LogP contribution in [0, 0.1) is 5.92 Å². The van der Waals surface area contributed by atoms with E-state index < -0.39 is 0 Å². The fraction of sp³-hybridized carbons (Fsp3) is 0.571. The maximum atomic E-state index is 6.10. The third-order valence-electron chi connectivity index (χ3n) is 2.88. The van der Waals surface area contributed by atoms with E-state index in [2.05, 4.69) is 42.0 Å². The van der Waals surface area contributed by atoms with Crippen molar-refractivity contribution in [2.75, 3.05) is 11.9 Å². The normalized spacial score (nSPS) is 12.6. The van der Waals surface area contributed by atoms with Crippen molar-refractivity contribution in [2.45, 2.75) is 40.2 Å². The van der Waals surface area contributed by atoms with E-state index in [1.54, 1.807) is 0 Å². The molecule has 0 fully saturated rings. The van der Waals surface area contributed by atoms with Crippen LogP contribution >= 0.6 is 27.5 Å². The van der Waals surface area contributed by atoms with Gasteiger partial charge in [0.2, 0.25) is 0 Å². The molecule has 0 amide bonds. The summed E-state index contributed by atoms with van der Waals surface area (Å²) in [5.74, 6) is 1.39. The second-order valence-corrected chi connectivity index (χ2v) is 5.89. The molecule has 1 rings (SSSR count). The van der Waals surface area contributed by atoms with Gasteiger partial charge in [-0.05, 0) is 47.3 Å². The first-order chi connectivity index (χ1) is 8.49. The minimum atomic E-state index is 0.412. The number of anilines is 1. The van der Waals surface area contributed by atoms with Gasteiger partial charge in [0.1, 0.15) is 0 Å². The van der Waals surface area contributed by atoms with Crippen LogP contribution in [0.2, 0.25) is 5.02 Å². The molecule has 0 bridgehead atoms. The summed E-state index contributed by atoms with van der Waals surface area (Å²) in [6, 6.07) is 4.19. The van der Waals surface area contributed by atoms with Crippen LogP contribution in [0.3, 0.4) is 0 Å². The number of benzene rings is 1. The van der Waals surface area contributed by atoms with E-state index in [0.29, 0.717) is 23.6 Å². The Bertz CT molecular complexity index is 396. The van der Waals surface area contributed by atoms with Crippen LogP contribution in [0.15, 0.2) is 16.6 Å². The van der Waals surface area contributed by atoms with Gasteiger partial charge >= 0.3 is 0 Å². The predicted molar refractivity (Wildman–Crippen MR) is 82.9 cm³/mol. The molecule has 2 nitrogen and oxygen atoms in total. The second kappa shape index (κ2) is 7.25. The summed E-state index contributed by atoms with van der Waals surface area (Å²) in [6.45, 7) is 9.21. The van der Waals surface area contributed by atoms with Gasteiger partial charge in [-0.1, -0.05) is 32.4 Å². The van der Waals surface area contributed by atoms with Crippen molar-refractivity contribution < 1.29 is 4.74 Å². The van der Waals surface area contributed by atoms with Crippen LogP contribution < -0.4 is 10.1 Å². The van der Waals surface area contributed by atoms with Crippen LogP contribution in [0.4, 0.5) is 5.69 Å². The van der Waals surface area contributed by atoms with Crippen molar-refractivity contribution in [3.63, 3.8) is 0 Å². The fourth-order valence-corrected chi connectivity index (χ4v) is 2.82. The van der Waals surface area contributed by atoms with Crippen molar-refractivity contribution in [3.8, 4) is 5.75 Å². The van der Waals surface area contributed by atoms with E-state index in [4.69, 9.17) is 16.3 Å². The van der Waals surface area contributed by atoms with Gasteiger partial charge in [-0.15, -0.1) is 0 Å². The molecular weight excluding hydrogens is 314 g/mol. The summed E-state index contributed by atoms with van der Waals surface area (Å²) >= 11 is 9.60. The summed E-state index contributed by atoms with van der Waals surface area (Å²) < 4.78 is 6.57. The molecule has 1 atom stereocenters. The minimum Gasteiger partial charge on any atom is -0.491 e. The number of hydrogen-bond acceptors (Lipinski definition) is 2. The van der Waals surface area contributed by atoms with Gasteiger partial charge in [0.25, 0.3) is 0 Å². The van der Waals surface area contributed by atoms with Crippen molar-refractivity contribution in [1.82, 2.24) is 0 Å². The van der Waals surface area contributed by atoms with Gasteiger partial charge < -0.3 is 10.1 Å². The number of hydrogen-bond donors (Lipinski definition) is 1. The zero-order valence-electron chi connectivity index (χ0n) is 11.4. The molecule has 0 spiro atoms. The Hall–Kier alpha value is -0.410. The largest absolute Gasteiger partial charge is 0.491 e. The minimum absolute atomic E-state index is 0.412. The van der Waals surface area contributed by atoms with Gasteiger partial charge in [-0.25, -0.2) is 0 Å². The standard InChI is InChI=1S/C14H21BrClNO/c1-5-12(9(3)4)17-13-8-10(16)7-11(15)14(13)18-6-2/h7-9,12,17H,5-6H2,1-4H3. The first kappa shape index (κ1) is 15.6. The first-order valence-corrected chi connectivity index (χ1v) is 7.55. The molecule has 0 aromatic heterocycles. The van der Waals surface area contributed by atoms with Gasteiger partial charge in [-0.3, -0.25) is 0 Å². The number of nitrogens with one attached hydrogen (secondary N) is 1. The van der Waals surface area contributed by atoms with Gasteiger partial charge in [0.05, 0.1) is 16.8 Å². The Morgan fingerprint density at radius 2 is 2.00 bits per heavy atom. The molecule has 1 unspecified atom stereocenters. The zero-order chi connectivity index (χ0) is 13.7. The molecule has 0 saturated heterocycles. The lowest BCUT2D eigenvalue weighted by Gasteiger charge is -2.24. The second-order valence-electron chi connectivity index (χ2n) is 4.60. The van der Waals surface area contributed by atoms with E-state index in [0.717, 1.165) is 22.3 Å². The first-order valence-electron chi connectivity index (χ1n) is 6.37. The lowest BCUT2D eigenvalue weighted by Crippen LogP contribution is -2.25. The number of halogens is 2. The van der Waals surface area contributed by atoms with Crippen LogP contribution in [0.5, 0.6) is 5.75 Å². The summed E-state index contributed by atoms with van der Waals surface area (Å²) in [4.78, 5) is 0. The average Bonchev–Trinajstić information content (AvgIpc) is 2.29. The Balaban J connectivity index is 3.05. The molecule has 4 heteroatoms. The molecule has 18 heavy (non-hydrogen) atoms. The molecule has 102 valence electrons. The molecule has 0 aliphatic rings. The molecular formula is C14H21BrClNO. The average molecular weight is 335 g/mol. The van der Waals surface area contributed by atoms with E-state index >= 15 is 0 Å². The highest BCUT2D eigenvalue weighted by atomic mass is 79.9. The zero-order valence-corrected chi connectivity index (χ0v) is 13.7. The smallest absolute Gasteiger partial charge is 0.156 e. The summed E-state index contributed by atoms with van der Waals surface area (Å²) in [5, 5.41) is 4.22. The summed E-state index contributed by atoms with van der Waals surface area (Å²) in [6.07, 6.45) is 1.06. The molecule has 1 N–H and O–H groups in total. The highest BCUT2D eigenvalue weighted by Crippen LogP contribution is 2.37. The van der Waals surface area contributed by atoms with E-state index in [-0.39, 0.29) is 0 Å². The van der Waals surface area contributed by atoms with Crippen LogP contribution in [0.1, 0.15) is 34.1 Å². The predicted octanol–water partition coefficient (Wildman–Crippen LogP) is 5.35. The van der Waals surface area contributed by atoms with Crippen LogP contribution in [-0.2, 0) is 0 Å². The Kier molecular flexibility index (Phi) is 6.30. The Labute approximate surface area is 123 Å². The van der Waals surface area contributed by atoms with Gasteiger partial charge in [0.15, 0.2) is 5.75 Å². The molecule has 1 aromatic carbocycles. The molecule has 1 aromatic rings. The molecule has 0 aliphatic carbocycles. The lowest BCUT2D eigenvalue weighted by molar-refractivity contribution is 0.339. The Morgan fingerprint density at radius 1 is 1.33 bits per heavy atom. The quantitative estimate of drug-likeness (QED) is 0.757. The van der Waals surface area contributed by atoms with Crippen molar-refractivity contribution in [2.24, 2.45) is 5.92 Å². The van der Waals surface area contributed by atoms with Crippen LogP contribution in [0.25, 0.3) is 0 Å². The molecule has 0 heterocycles. The summed E-state index contributed by atoms with van der Waals surface area (Å²) in [7, 11) is 0. The number of ether oxygens (including phenoxy) is 1. The van der Waals surface area contributed by atoms with Crippen molar-refractivity contribution in [3.05, 3.63) is 21.6 Å². The monoisotopic (exact) mass is 333 g/mol. The van der Waals surface area contributed by atoms with E-state index in [1.807, 2.05) is 19.1 Å². The molecule has 0 aliphatic heterocycles. The van der Waals surface area contributed by atoms with Gasteiger partial charge in [-0.2, -0.15) is 0 Å². The van der Waals surface area contributed by atoms with E-state index in [1.165, 1.54) is 0 Å². The number of rotatable bonds is 6. The maximum absolute atomic E-state index is 6.10. The summed E-state index contributed by atoms with van der Waals surface area (Å²) in [5.41, 5.74) is 0.955. The third kappa shape index (κ3) is 4.06. The topological polar surface area (TPSA) is 21.3 Å². The third-order valence-corrected chi connectivity index (χ3v) is 3.69. The highest BCUT2D eigenvalue weighted by molar-refractivity contribution is 9.10. The van der Waals surface area contributed by atoms with Crippen LogP contribution in [-0.4, -0.2) is 12.6 Å². The van der Waals surface area contributed by atoms with Crippen molar-refractivity contribution in [1.29, 1.82) is 0 Å². The maximum Gasteiger partial charge on any atom is 0.156 e. The van der Waals surface area contributed by atoms with E-state index in [9.17, 15) is 0 Å². The molecule has 0 saturated carbocycles.